The Morgan fingerprint density at radius 3 is 2.52 bits per heavy atom. The van der Waals surface area contributed by atoms with E-state index in [0.717, 1.165) is 5.57 Å². The maximum atomic E-state index is 13.2. The minimum absolute atomic E-state index is 0. The zero-order chi connectivity index (χ0) is 14.9. The van der Waals surface area contributed by atoms with Crippen LogP contribution in [0.4, 0.5) is 13.2 Å². The largest absolute Gasteiger partial charge is 0.370 e. The van der Waals surface area contributed by atoms with Crippen molar-refractivity contribution < 1.29 is 45.9 Å². The summed E-state index contributed by atoms with van der Waals surface area (Å²) in [5, 5.41) is 0. The molecule has 0 aliphatic carbocycles. The summed E-state index contributed by atoms with van der Waals surface area (Å²) in [6, 6.07) is 4.26. The van der Waals surface area contributed by atoms with Gasteiger partial charge in [-0.2, -0.15) is 12.2 Å². The van der Waals surface area contributed by atoms with Gasteiger partial charge in [0.15, 0.2) is 0 Å². The number of allylic oxidation sites excluding steroid dienone is 3. The molecule has 21 heavy (non-hydrogen) atoms. The summed E-state index contributed by atoms with van der Waals surface area (Å²) in [6.07, 6.45) is 2.22. The summed E-state index contributed by atoms with van der Waals surface area (Å²) in [5.74, 6) is -0.353. The van der Waals surface area contributed by atoms with Crippen LogP contribution < -0.4 is 0 Å². The molecule has 0 aromatic heterocycles. The molecule has 0 N–H and O–H groups in total. The first-order valence-corrected chi connectivity index (χ1v) is 6.22. The monoisotopic (exact) mass is 367 g/mol. The molecule has 1 aliphatic heterocycles. The summed E-state index contributed by atoms with van der Waals surface area (Å²) < 4.78 is 38.7. The Bertz CT molecular complexity index is 606. The quantitative estimate of drug-likeness (QED) is 0.720. The number of benzene rings is 1. The third-order valence-electron chi connectivity index (χ3n) is 3.24. The van der Waals surface area contributed by atoms with Gasteiger partial charge in [-0.05, 0) is 17.8 Å². The molecule has 1 heterocycles. The first-order valence-electron chi connectivity index (χ1n) is 6.22. The number of rotatable bonds is 3. The van der Waals surface area contributed by atoms with Gasteiger partial charge in [-0.15, -0.1) is 11.6 Å². The third-order valence-corrected chi connectivity index (χ3v) is 3.24. The fraction of sp³-hybridized carbons (Fsp3) is 0.250. The van der Waals surface area contributed by atoms with Crippen molar-refractivity contribution in [1.29, 1.82) is 0 Å². The van der Waals surface area contributed by atoms with Gasteiger partial charge in [0.25, 0.3) is 6.43 Å². The predicted octanol–water partition coefficient (Wildman–Crippen LogP) is 4.32. The van der Waals surface area contributed by atoms with E-state index in [-0.39, 0.29) is 38.5 Å². The van der Waals surface area contributed by atoms with E-state index >= 15 is 0 Å². The molecule has 1 radical (unpaired) electrons. The maximum Gasteiger partial charge on any atom is 0.256 e. The molecule has 0 bridgehead atoms. The summed E-state index contributed by atoms with van der Waals surface area (Å²) in [5.41, 5.74) is 3.15. The van der Waals surface area contributed by atoms with Gasteiger partial charge in [-0.1, -0.05) is 37.3 Å². The second-order valence-electron chi connectivity index (χ2n) is 4.73. The SMILES string of the molecule is C=C1C(C)=C[C-]=C(c2ccc(F)cc2C)N1CC(F)F.[Y]. The van der Waals surface area contributed by atoms with E-state index in [1.165, 1.54) is 17.0 Å². The second-order valence-corrected chi connectivity index (χ2v) is 4.73. The van der Waals surface area contributed by atoms with Crippen molar-refractivity contribution in [1.82, 2.24) is 4.90 Å². The molecule has 0 unspecified atom stereocenters. The van der Waals surface area contributed by atoms with Crippen molar-refractivity contribution in [3.05, 3.63) is 65.1 Å². The van der Waals surface area contributed by atoms with Crippen molar-refractivity contribution in [2.75, 3.05) is 6.54 Å². The predicted molar refractivity (Wildman–Crippen MR) is 73.4 cm³/mol. The molecule has 1 aliphatic rings. The average Bonchev–Trinajstić information content (AvgIpc) is 2.36. The molecule has 2 rings (SSSR count). The Labute approximate surface area is 148 Å². The minimum Gasteiger partial charge on any atom is -0.370 e. The van der Waals surface area contributed by atoms with Crippen LogP contribution in [0, 0.1) is 18.8 Å². The molecule has 1 nitrogen and oxygen atoms in total. The van der Waals surface area contributed by atoms with Gasteiger partial charge < -0.3 is 4.90 Å². The molecule has 1 aromatic carbocycles. The zero-order valence-electron chi connectivity index (χ0n) is 12.0. The molecule has 1 aromatic rings. The second kappa shape index (κ2) is 7.41. The Balaban J connectivity index is 0.00000220. The number of halogens is 3. The molecule has 0 saturated heterocycles. The van der Waals surface area contributed by atoms with Gasteiger partial charge in [0, 0.05) is 32.7 Å². The standard InChI is InChI=1S/C16H15F3N.Y/c1-10-4-7-15(20(12(10)3)9-16(18)19)14-6-5-13(17)8-11(14)2;/h4-6,8,16H,3,9H2,1-2H3;/q-1;. The van der Waals surface area contributed by atoms with Crippen LogP contribution in [0.15, 0.2) is 42.1 Å². The number of hydrogen-bond acceptors (Lipinski definition) is 1. The topological polar surface area (TPSA) is 3.24 Å². The minimum atomic E-state index is -2.49. The van der Waals surface area contributed by atoms with E-state index in [9.17, 15) is 13.2 Å². The Morgan fingerprint density at radius 1 is 1.29 bits per heavy atom. The van der Waals surface area contributed by atoms with Crippen LogP contribution in [0.3, 0.4) is 0 Å². The molecule has 0 atom stereocenters. The fourth-order valence-corrected chi connectivity index (χ4v) is 2.14. The molecule has 0 fully saturated rings. The van der Waals surface area contributed by atoms with Gasteiger partial charge in [0.2, 0.25) is 0 Å². The van der Waals surface area contributed by atoms with Crippen LogP contribution in [0.25, 0.3) is 5.70 Å². The van der Waals surface area contributed by atoms with E-state index in [1.54, 1.807) is 26.0 Å². The Hall–Kier alpha value is -0.866. The first kappa shape index (κ1) is 18.2. The number of hydrogen-bond donors (Lipinski definition) is 0. The molecule has 0 amide bonds. The first-order chi connectivity index (χ1) is 9.40. The number of aryl methyl sites for hydroxylation is 1. The number of nitrogens with zero attached hydrogens (tertiary/aromatic N) is 1. The molecule has 5 heteroatoms. The van der Waals surface area contributed by atoms with Crippen LogP contribution in [-0.2, 0) is 32.7 Å². The summed E-state index contributed by atoms with van der Waals surface area (Å²) in [4.78, 5) is 1.43. The maximum absolute atomic E-state index is 13.2. The molecule has 0 saturated carbocycles. The normalized spacial score (nSPS) is 14.8. The van der Waals surface area contributed by atoms with Crippen LogP contribution in [-0.4, -0.2) is 17.9 Å². The van der Waals surface area contributed by atoms with Crippen LogP contribution in [0.5, 0.6) is 0 Å². The Kier molecular flexibility index (Phi) is 6.42. The molecular formula is C16H15F3NY-. The number of alkyl halides is 2. The van der Waals surface area contributed by atoms with Crippen molar-refractivity contribution in [2.24, 2.45) is 0 Å². The summed E-state index contributed by atoms with van der Waals surface area (Å²) >= 11 is 0. The van der Waals surface area contributed by atoms with E-state index < -0.39 is 13.0 Å². The van der Waals surface area contributed by atoms with Crippen LogP contribution in [0.2, 0.25) is 0 Å². The van der Waals surface area contributed by atoms with E-state index in [0.29, 0.717) is 22.5 Å². The third kappa shape index (κ3) is 4.07. The van der Waals surface area contributed by atoms with Crippen molar-refractivity contribution >= 4 is 5.70 Å². The van der Waals surface area contributed by atoms with E-state index in [1.807, 2.05) is 0 Å². The summed E-state index contributed by atoms with van der Waals surface area (Å²) in [7, 11) is 0. The van der Waals surface area contributed by atoms with Crippen LogP contribution in [0.1, 0.15) is 18.1 Å². The molecule has 0 spiro atoms. The Morgan fingerprint density at radius 2 is 1.95 bits per heavy atom. The van der Waals surface area contributed by atoms with E-state index in [2.05, 4.69) is 12.7 Å². The van der Waals surface area contributed by atoms with Gasteiger partial charge in [0.1, 0.15) is 5.82 Å². The van der Waals surface area contributed by atoms with Gasteiger partial charge in [0.05, 0.1) is 6.54 Å². The van der Waals surface area contributed by atoms with Gasteiger partial charge >= 0.3 is 0 Å². The molecular weight excluding hydrogens is 352 g/mol. The summed E-state index contributed by atoms with van der Waals surface area (Å²) in [6.45, 7) is 6.92. The van der Waals surface area contributed by atoms with Gasteiger partial charge in [-0.3, -0.25) is 0 Å². The smallest absolute Gasteiger partial charge is 0.256 e. The molecule has 109 valence electrons. The average molecular weight is 367 g/mol. The fourth-order valence-electron chi connectivity index (χ4n) is 2.14. The zero-order valence-corrected chi connectivity index (χ0v) is 14.8. The van der Waals surface area contributed by atoms with Crippen molar-refractivity contribution in [3.63, 3.8) is 0 Å². The van der Waals surface area contributed by atoms with Crippen molar-refractivity contribution in [2.45, 2.75) is 20.3 Å². The van der Waals surface area contributed by atoms with Gasteiger partial charge in [-0.25, -0.2) is 13.2 Å². The van der Waals surface area contributed by atoms with E-state index in [4.69, 9.17) is 0 Å². The van der Waals surface area contributed by atoms with Crippen molar-refractivity contribution in [3.8, 4) is 0 Å². The van der Waals surface area contributed by atoms with Crippen LogP contribution >= 0.6 is 0 Å².